The number of carbonyl (C=O) groups is 3. The zero-order valence-electron chi connectivity index (χ0n) is 20.9. The van der Waals surface area contributed by atoms with E-state index in [0.29, 0.717) is 31.7 Å². The summed E-state index contributed by atoms with van der Waals surface area (Å²) >= 11 is 0. The third-order valence-electron chi connectivity index (χ3n) is 6.54. The van der Waals surface area contributed by atoms with Crippen molar-refractivity contribution in [3.8, 4) is 0 Å². The summed E-state index contributed by atoms with van der Waals surface area (Å²) in [5, 5.41) is 9.85. The SMILES string of the molecule is O=C(CNC(=O)c1cccnc1)CN1CCN(c2c(F)cc(N3CCOC3C(=O)n3ccnn3)cc2F)CC1. The summed E-state index contributed by atoms with van der Waals surface area (Å²) in [5.74, 6) is -2.59. The highest BCUT2D eigenvalue weighted by molar-refractivity contribution is 5.96. The Balaban J connectivity index is 1.16. The Morgan fingerprint density at radius 3 is 2.49 bits per heavy atom. The Kier molecular flexibility index (Phi) is 7.84. The number of carbonyl (C=O) groups excluding carboxylic acids is 3. The fourth-order valence-corrected chi connectivity index (χ4v) is 4.61. The summed E-state index contributed by atoms with van der Waals surface area (Å²) in [6, 6.07) is 5.62. The van der Waals surface area contributed by atoms with Gasteiger partial charge in [-0.15, -0.1) is 5.10 Å². The van der Waals surface area contributed by atoms with Gasteiger partial charge in [0.2, 0.25) is 6.23 Å². The van der Waals surface area contributed by atoms with Crippen LogP contribution in [-0.4, -0.2) is 101 Å². The number of piperazine rings is 1. The van der Waals surface area contributed by atoms with E-state index in [2.05, 4.69) is 20.6 Å². The van der Waals surface area contributed by atoms with Crippen LogP contribution in [0, 0.1) is 11.6 Å². The van der Waals surface area contributed by atoms with E-state index in [1.165, 1.54) is 35.6 Å². The van der Waals surface area contributed by atoms with Crippen molar-refractivity contribution in [1.82, 2.24) is 30.2 Å². The molecule has 1 aromatic carbocycles. The normalized spacial score (nSPS) is 17.8. The molecule has 12 nitrogen and oxygen atoms in total. The molecule has 39 heavy (non-hydrogen) atoms. The average molecular weight is 541 g/mol. The maximum Gasteiger partial charge on any atom is 0.298 e. The molecule has 4 heterocycles. The fourth-order valence-electron chi connectivity index (χ4n) is 4.61. The number of halogens is 2. The minimum atomic E-state index is -1.08. The average Bonchev–Trinajstić information content (AvgIpc) is 3.65. The van der Waals surface area contributed by atoms with E-state index in [1.54, 1.807) is 23.2 Å². The van der Waals surface area contributed by atoms with Gasteiger partial charge in [-0.2, -0.15) is 4.68 Å². The first-order chi connectivity index (χ1) is 18.9. The van der Waals surface area contributed by atoms with E-state index in [1.807, 2.05) is 4.90 Å². The van der Waals surface area contributed by atoms with Crippen molar-refractivity contribution < 1.29 is 27.9 Å². The van der Waals surface area contributed by atoms with E-state index < -0.39 is 23.8 Å². The lowest BCUT2D eigenvalue weighted by molar-refractivity contribution is -0.119. The maximum absolute atomic E-state index is 15.2. The van der Waals surface area contributed by atoms with Crippen molar-refractivity contribution in [3.05, 3.63) is 66.3 Å². The quantitative estimate of drug-likeness (QED) is 0.434. The number of hydrogen-bond donors (Lipinski definition) is 1. The van der Waals surface area contributed by atoms with Crippen molar-refractivity contribution in [1.29, 1.82) is 0 Å². The number of nitrogens with zero attached hydrogens (tertiary/aromatic N) is 7. The highest BCUT2D eigenvalue weighted by atomic mass is 19.1. The Morgan fingerprint density at radius 1 is 1.05 bits per heavy atom. The Labute approximate surface area is 222 Å². The van der Waals surface area contributed by atoms with Crippen LogP contribution in [0.25, 0.3) is 0 Å². The van der Waals surface area contributed by atoms with Crippen molar-refractivity contribution in [2.75, 3.05) is 62.2 Å². The summed E-state index contributed by atoms with van der Waals surface area (Å²) in [5.41, 5.74) is 0.388. The smallest absolute Gasteiger partial charge is 0.298 e. The third-order valence-corrected chi connectivity index (χ3v) is 6.54. The van der Waals surface area contributed by atoms with Crippen LogP contribution >= 0.6 is 0 Å². The van der Waals surface area contributed by atoms with E-state index in [-0.39, 0.29) is 49.3 Å². The fraction of sp³-hybridized carbons (Fsp3) is 0.360. The zero-order valence-corrected chi connectivity index (χ0v) is 20.9. The first-order valence-electron chi connectivity index (χ1n) is 12.4. The van der Waals surface area contributed by atoms with Gasteiger partial charge in [0.15, 0.2) is 17.4 Å². The molecule has 2 saturated heterocycles. The Hall–Kier alpha value is -4.30. The first kappa shape index (κ1) is 26.3. The summed E-state index contributed by atoms with van der Waals surface area (Å²) in [7, 11) is 0. The second kappa shape index (κ2) is 11.6. The molecule has 1 unspecified atom stereocenters. The molecule has 0 spiro atoms. The number of ether oxygens (including phenoxy) is 1. The Bertz CT molecular complexity index is 1310. The summed E-state index contributed by atoms with van der Waals surface area (Å²) in [6.45, 7) is 1.92. The molecule has 0 radical (unpaired) electrons. The van der Waals surface area contributed by atoms with Gasteiger partial charge in [0.05, 0.1) is 37.7 Å². The number of ketones is 1. The van der Waals surface area contributed by atoms with Crippen LogP contribution in [0.1, 0.15) is 15.2 Å². The lowest BCUT2D eigenvalue weighted by Gasteiger charge is -2.36. The number of hydrogen-bond acceptors (Lipinski definition) is 10. The second-order valence-electron chi connectivity index (χ2n) is 9.09. The molecule has 0 aliphatic carbocycles. The molecule has 2 fully saturated rings. The van der Waals surface area contributed by atoms with E-state index in [0.717, 1.165) is 4.68 Å². The summed E-state index contributed by atoms with van der Waals surface area (Å²) in [4.78, 5) is 46.0. The summed E-state index contributed by atoms with van der Waals surface area (Å²) in [6.07, 6.45) is 4.61. The van der Waals surface area contributed by atoms with Crippen LogP contribution in [-0.2, 0) is 9.53 Å². The molecule has 2 aliphatic heterocycles. The number of aromatic nitrogens is 4. The lowest BCUT2D eigenvalue weighted by atomic mass is 10.2. The lowest BCUT2D eigenvalue weighted by Crippen LogP contribution is -2.49. The maximum atomic E-state index is 15.2. The van der Waals surface area contributed by atoms with Gasteiger partial charge in [-0.1, -0.05) is 5.21 Å². The van der Waals surface area contributed by atoms with E-state index in [4.69, 9.17) is 4.74 Å². The molecule has 2 aliphatic rings. The van der Waals surface area contributed by atoms with Gasteiger partial charge in [-0.3, -0.25) is 24.3 Å². The van der Waals surface area contributed by atoms with Crippen molar-refractivity contribution >= 4 is 29.0 Å². The molecular formula is C25H26F2N8O4. The van der Waals surface area contributed by atoms with Crippen LogP contribution < -0.4 is 15.1 Å². The summed E-state index contributed by atoms with van der Waals surface area (Å²) < 4.78 is 36.9. The molecule has 1 amide bonds. The molecule has 3 aromatic rings. The second-order valence-corrected chi connectivity index (χ2v) is 9.09. The standard InChI is InChI=1S/C25H26F2N8O4/c26-20-12-18(34-10-11-39-25(34)24(38)35-5-4-30-31-35)13-21(27)22(20)33-8-6-32(7-9-33)16-19(36)15-29-23(37)17-2-1-3-28-14-17/h1-5,12-14,25H,6-11,15-16H2,(H,29,37). The molecule has 14 heteroatoms. The van der Waals surface area contributed by atoms with Crippen LogP contribution in [0.3, 0.4) is 0 Å². The predicted octanol–water partition coefficient (Wildman–Crippen LogP) is 0.576. The molecular weight excluding hydrogens is 514 g/mol. The van der Waals surface area contributed by atoms with Gasteiger partial charge in [-0.05, 0) is 24.3 Å². The molecule has 1 N–H and O–H groups in total. The van der Waals surface area contributed by atoms with Gasteiger partial charge in [-0.25, -0.2) is 8.78 Å². The van der Waals surface area contributed by atoms with Crippen LogP contribution in [0.2, 0.25) is 0 Å². The first-order valence-corrected chi connectivity index (χ1v) is 12.4. The molecule has 1 atom stereocenters. The largest absolute Gasteiger partial charge is 0.364 e. The minimum Gasteiger partial charge on any atom is -0.364 e. The molecule has 204 valence electrons. The van der Waals surface area contributed by atoms with Gasteiger partial charge in [0, 0.05) is 50.8 Å². The minimum absolute atomic E-state index is 0.112. The Morgan fingerprint density at radius 2 is 1.82 bits per heavy atom. The third kappa shape index (κ3) is 5.91. The molecule has 0 bridgehead atoms. The number of amides is 1. The monoisotopic (exact) mass is 540 g/mol. The molecule has 0 saturated carbocycles. The zero-order chi connectivity index (χ0) is 27.4. The van der Waals surface area contributed by atoms with Crippen molar-refractivity contribution in [2.24, 2.45) is 0 Å². The van der Waals surface area contributed by atoms with Gasteiger partial charge in [0.1, 0.15) is 5.69 Å². The van der Waals surface area contributed by atoms with Crippen molar-refractivity contribution in [2.45, 2.75) is 6.23 Å². The number of Topliss-reactive ketones (excluding diaryl/α,β-unsaturated/α-hetero) is 1. The van der Waals surface area contributed by atoms with Crippen molar-refractivity contribution in [3.63, 3.8) is 0 Å². The predicted molar refractivity (Wildman–Crippen MR) is 134 cm³/mol. The topological polar surface area (TPSA) is 126 Å². The number of rotatable bonds is 8. The number of benzene rings is 1. The van der Waals surface area contributed by atoms with Gasteiger partial charge in [0.25, 0.3) is 11.8 Å². The number of nitrogens with one attached hydrogen (secondary N) is 1. The number of pyridine rings is 1. The van der Waals surface area contributed by atoms with Gasteiger partial charge >= 0.3 is 0 Å². The van der Waals surface area contributed by atoms with Gasteiger partial charge < -0.3 is 19.9 Å². The van der Waals surface area contributed by atoms with Crippen LogP contribution in [0.15, 0.2) is 49.1 Å². The molecule has 5 rings (SSSR count). The van der Waals surface area contributed by atoms with E-state index >= 15 is 8.78 Å². The van der Waals surface area contributed by atoms with Crippen LogP contribution in [0.4, 0.5) is 20.2 Å². The highest BCUT2D eigenvalue weighted by Gasteiger charge is 2.35. The van der Waals surface area contributed by atoms with Crippen LogP contribution in [0.5, 0.6) is 0 Å². The molecule has 2 aromatic heterocycles. The highest BCUT2D eigenvalue weighted by Crippen LogP contribution is 2.32. The number of anilines is 2. The van der Waals surface area contributed by atoms with E-state index in [9.17, 15) is 14.4 Å².